The van der Waals surface area contributed by atoms with Crippen LogP contribution in [0, 0.1) is 6.92 Å². The highest BCUT2D eigenvalue weighted by Gasteiger charge is 2.13. The lowest BCUT2D eigenvalue weighted by atomic mass is 10.2. The van der Waals surface area contributed by atoms with Crippen molar-refractivity contribution in [3.63, 3.8) is 0 Å². The summed E-state index contributed by atoms with van der Waals surface area (Å²) in [6.45, 7) is 1.71. The van der Waals surface area contributed by atoms with Gasteiger partial charge in [0.1, 0.15) is 5.75 Å². The van der Waals surface area contributed by atoms with E-state index < -0.39 is 8.77 Å². The quantitative estimate of drug-likeness (QED) is 0.794. The van der Waals surface area contributed by atoms with Gasteiger partial charge < -0.3 is 4.74 Å². The maximum atomic E-state index is 12.3. The minimum Gasteiger partial charge on any atom is -0.466 e. The van der Waals surface area contributed by atoms with E-state index in [1.54, 1.807) is 24.3 Å². The molecule has 0 bridgehead atoms. The lowest BCUT2D eigenvalue weighted by Crippen LogP contribution is -2.11. The summed E-state index contributed by atoms with van der Waals surface area (Å²) in [5, 5.41) is 0. The van der Waals surface area contributed by atoms with Crippen molar-refractivity contribution in [3.8, 4) is 5.75 Å². The molecule has 0 radical (unpaired) electrons. The predicted octanol–water partition coefficient (Wildman–Crippen LogP) is 3.07. The van der Waals surface area contributed by atoms with E-state index in [9.17, 15) is 4.21 Å². The van der Waals surface area contributed by atoms with Gasteiger partial charge in [0.25, 0.3) is 0 Å². The fourth-order valence-corrected chi connectivity index (χ4v) is 3.26. The third kappa shape index (κ3) is 3.76. The predicted molar refractivity (Wildman–Crippen MR) is 78.0 cm³/mol. The Balaban J connectivity index is 2.01. The Labute approximate surface area is 118 Å². The molecule has 0 aliphatic heterocycles. The molecule has 1 unspecified atom stereocenters. The van der Waals surface area contributed by atoms with E-state index in [0.29, 0.717) is 10.6 Å². The summed E-state index contributed by atoms with van der Waals surface area (Å²) in [4.78, 5) is 0.529. The van der Waals surface area contributed by atoms with E-state index in [2.05, 4.69) is 0 Å². The Kier molecular flexibility index (Phi) is 4.52. The lowest BCUT2D eigenvalue weighted by Gasteiger charge is -2.11. The summed E-state index contributed by atoms with van der Waals surface area (Å²) in [6.07, 6.45) is 0. The number of para-hydroxylation sites is 1. The molecule has 0 spiro atoms. The van der Waals surface area contributed by atoms with Gasteiger partial charge in [0, 0.05) is 11.2 Å². The molecule has 1 atom stereocenters. The molecule has 19 heavy (non-hydrogen) atoms. The average Bonchev–Trinajstić information content (AvgIpc) is 2.40. The summed E-state index contributed by atoms with van der Waals surface area (Å²) < 4.78 is 22.9. The van der Waals surface area contributed by atoms with Crippen LogP contribution in [0.1, 0.15) is 5.56 Å². The first kappa shape index (κ1) is 14.0. The van der Waals surface area contributed by atoms with E-state index >= 15 is 0 Å². The van der Waals surface area contributed by atoms with Crippen molar-refractivity contribution in [2.45, 2.75) is 11.8 Å². The first-order valence-corrected chi connectivity index (χ1v) is 8.13. The molecule has 0 aromatic heterocycles. The van der Waals surface area contributed by atoms with E-state index in [-0.39, 0.29) is 6.79 Å². The second kappa shape index (κ2) is 6.14. The van der Waals surface area contributed by atoms with Crippen LogP contribution >= 0.6 is 0 Å². The van der Waals surface area contributed by atoms with Crippen molar-refractivity contribution in [3.05, 3.63) is 60.2 Å². The Morgan fingerprint density at radius 2 is 1.68 bits per heavy atom. The van der Waals surface area contributed by atoms with Crippen LogP contribution in [0.2, 0.25) is 0 Å². The summed E-state index contributed by atoms with van der Waals surface area (Å²) in [6, 6.07) is 16.4. The number of hydrogen-bond acceptors (Lipinski definition) is 4. The molecule has 0 saturated heterocycles. The van der Waals surface area contributed by atoms with Gasteiger partial charge in [0.15, 0.2) is 8.77 Å². The molecule has 0 saturated carbocycles. The fourth-order valence-electron chi connectivity index (χ4n) is 1.57. The van der Waals surface area contributed by atoms with Gasteiger partial charge in [-0.25, -0.2) is 8.39 Å². The van der Waals surface area contributed by atoms with Gasteiger partial charge in [0.2, 0.25) is 6.79 Å². The van der Waals surface area contributed by atoms with E-state index in [4.69, 9.17) is 20.1 Å². The fraction of sp³-hybridized carbons (Fsp3) is 0.143. The largest absolute Gasteiger partial charge is 0.466 e. The highest BCUT2D eigenvalue weighted by molar-refractivity contribution is 8.30. The third-order valence-electron chi connectivity index (χ3n) is 2.53. The molecule has 2 aromatic carbocycles. The average molecular weight is 294 g/mol. The molecule has 2 aromatic rings. The standard InChI is InChI=1S/C14H14O3S2/c1-12-7-5-6-10-14(12)19(15,18)17-11-16-13-8-3-2-4-9-13/h2-10H,11H2,1H3. The van der Waals surface area contributed by atoms with Gasteiger partial charge in [-0.05, 0) is 30.7 Å². The number of ether oxygens (including phenoxy) is 1. The highest BCUT2D eigenvalue weighted by Crippen LogP contribution is 2.18. The van der Waals surface area contributed by atoms with Crippen LogP contribution in [0.4, 0.5) is 0 Å². The van der Waals surface area contributed by atoms with Gasteiger partial charge in [-0.3, -0.25) is 0 Å². The first-order valence-electron chi connectivity index (χ1n) is 5.72. The summed E-state index contributed by atoms with van der Waals surface area (Å²) in [5.41, 5.74) is 0.849. The van der Waals surface area contributed by atoms with Crippen LogP contribution < -0.4 is 4.74 Å². The highest BCUT2D eigenvalue weighted by atomic mass is 32.8. The van der Waals surface area contributed by atoms with Gasteiger partial charge >= 0.3 is 0 Å². The monoisotopic (exact) mass is 294 g/mol. The van der Waals surface area contributed by atoms with Crippen molar-refractivity contribution in [2.75, 3.05) is 6.79 Å². The van der Waals surface area contributed by atoms with Gasteiger partial charge in [-0.2, -0.15) is 0 Å². The molecule has 0 aliphatic rings. The Morgan fingerprint density at radius 3 is 2.37 bits per heavy atom. The van der Waals surface area contributed by atoms with E-state index in [1.165, 1.54) is 0 Å². The number of rotatable bonds is 5. The number of aryl methyl sites for hydroxylation is 1. The first-order chi connectivity index (χ1) is 9.09. The van der Waals surface area contributed by atoms with Crippen LogP contribution in [-0.2, 0) is 24.1 Å². The second-order valence-corrected chi connectivity index (χ2v) is 6.81. The molecule has 100 valence electrons. The van der Waals surface area contributed by atoms with Crippen LogP contribution in [-0.4, -0.2) is 11.0 Å². The molecule has 0 aliphatic carbocycles. The smallest absolute Gasteiger partial charge is 0.204 e. The lowest BCUT2D eigenvalue weighted by molar-refractivity contribution is 0.133. The van der Waals surface area contributed by atoms with Crippen molar-refractivity contribution in [1.82, 2.24) is 0 Å². The zero-order valence-electron chi connectivity index (χ0n) is 10.4. The molecule has 0 fully saturated rings. The molecule has 3 nitrogen and oxygen atoms in total. The van der Waals surface area contributed by atoms with Gasteiger partial charge in [0.05, 0.1) is 4.90 Å². The SMILES string of the molecule is Cc1ccccc1S(=O)(=S)OCOc1ccccc1. The topological polar surface area (TPSA) is 35.5 Å². The Bertz CT molecular complexity index is 637. The van der Waals surface area contributed by atoms with Gasteiger partial charge in [-0.15, -0.1) is 0 Å². The number of benzene rings is 2. The normalized spacial score (nSPS) is 13.7. The van der Waals surface area contributed by atoms with Crippen LogP contribution in [0.25, 0.3) is 0 Å². The summed E-state index contributed by atoms with van der Waals surface area (Å²) in [7, 11) is -2.95. The van der Waals surface area contributed by atoms with Crippen molar-refractivity contribution in [2.24, 2.45) is 0 Å². The molecule has 5 heteroatoms. The van der Waals surface area contributed by atoms with E-state index in [0.717, 1.165) is 5.56 Å². The van der Waals surface area contributed by atoms with Crippen molar-refractivity contribution < 1.29 is 13.1 Å². The Hall–Kier alpha value is -1.43. The molecule has 0 N–H and O–H groups in total. The number of hydrogen-bond donors (Lipinski definition) is 0. The zero-order valence-corrected chi connectivity index (χ0v) is 12.1. The zero-order chi connectivity index (χ0) is 13.7. The molecule has 2 rings (SSSR count). The van der Waals surface area contributed by atoms with E-state index in [1.807, 2.05) is 37.3 Å². The minimum absolute atomic E-state index is 0.138. The maximum absolute atomic E-state index is 12.3. The minimum atomic E-state index is -2.95. The molecular weight excluding hydrogens is 280 g/mol. The van der Waals surface area contributed by atoms with Crippen molar-refractivity contribution in [1.29, 1.82) is 0 Å². The van der Waals surface area contributed by atoms with Crippen LogP contribution in [0.15, 0.2) is 59.5 Å². The third-order valence-corrected chi connectivity index (χ3v) is 4.77. The molecule has 0 amide bonds. The summed E-state index contributed by atoms with van der Waals surface area (Å²) >= 11 is 5.04. The summed E-state index contributed by atoms with van der Waals surface area (Å²) in [5.74, 6) is 0.650. The van der Waals surface area contributed by atoms with Crippen LogP contribution in [0.5, 0.6) is 5.75 Å². The van der Waals surface area contributed by atoms with Crippen molar-refractivity contribution >= 4 is 20.0 Å². The Morgan fingerprint density at radius 1 is 1.05 bits per heavy atom. The molecular formula is C14H14O3S2. The second-order valence-electron chi connectivity index (χ2n) is 3.91. The molecule has 0 heterocycles. The maximum Gasteiger partial charge on any atom is 0.204 e. The van der Waals surface area contributed by atoms with Crippen LogP contribution in [0.3, 0.4) is 0 Å². The van der Waals surface area contributed by atoms with Gasteiger partial charge in [-0.1, -0.05) is 36.4 Å².